The van der Waals surface area contributed by atoms with Crippen molar-refractivity contribution in [2.75, 3.05) is 7.11 Å². The number of phenolic OH excluding ortho intramolecular Hbond substituents is 1. The second-order valence-electron chi connectivity index (χ2n) is 4.91. The number of methoxy groups -OCH3 is 1. The predicted molar refractivity (Wildman–Crippen MR) is 76.5 cm³/mol. The molecule has 1 N–H and O–H groups in total. The number of carbonyl (C=O) groups is 2. The number of hydrogen-bond donors (Lipinski definition) is 1. The van der Waals surface area contributed by atoms with Gasteiger partial charge in [-0.15, -0.1) is 0 Å². The zero-order valence-corrected chi connectivity index (χ0v) is 11.9. The molecule has 0 bridgehead atoms. The van der Waals surface area contributed by atoms with E-state index >= 15 is 0 Å². The molecule has 0 aliphatic heterocycles. The average molecular weight is 290 g/mol. The third kappa shape index (κ3) is 4.08. The smallest absolute Gasteiger partial charge is 0.342 e. The number of esters is 1. The minimum absolute atomic E-state index is 0.104. The molecule has 21 heavy (non-hydrogen) atoms. The Bertz CT molecular complexity index is 562. The van der Waals surface area contributed by atoms with Crippen LogP contribution < -0.4 is 4.74 Å². The van der Waals surface area contributed by atoms with Crippen LogP contribution >= 0.6 is 0 Å². The summed E-state index contributed by atoms with van der Waals surface area (Å²) in [5.74, 6) is -0.166. The van der Waals surface area contributed by atoms with E-state index in [2.05, 4.69) is 0 Å². The van der Waals surface area contributed by atoms with Gasteiger partial charge < -0.3 is 14.6 Å². The van der Waals surface area contributed by atoms with E-state index in [0.717, 1.165) is 0 Å². The molecule has 0 fully saturated rings. The molecule has 0 spiro atoms. The van der Waals surface area contributed by atoms with Crippen LogP contribution in [0.25, 0.3) is 0 Å². The van der Waals surface area contributed by atoms with Crippen molar-refractivity contribution in [2.45, 2.75) is 31.8 Å². The maximum absolute atomic E-state index is 12.1. The Hall–Kier alpha value is -2.30. The number of aromatic hydroxyl groups is 1. The highest BCUT2D eigenvalue weighted by atomic mass is 16.5. The first-order chi connectivity index (χ1) is 10.1. The Morgan fingerprint density at radius 1 is 1.38 bits per heavy atom. The highest BCUT2D eigenvalue weighted by Crippen LogP contribution is 2.25. The minimum Gasteiger partial charge on any atom is -0.507 e. The van der Waals surface area contributed by atoms with Crippen molar-refractivity contribution in [1.82, 2.24) is 0 Å². The largest absolute Gasteiger partial charge is 0.507 e. The molecule has 0 amide bonds. The van der Waals surface area contributed by atoms with Crippen LogP contribution in [-0.4, -0.2) is 30.1 Å². The molecule has 5 heteroatoms. The van der Waals surface area contributed by atoms with E-state index in [-0.39, 0.29) is 23.2 Å². The number of ether oxygens (including phenoxy) is 2. The predicted octanol–water partition coefficient (Wildman–Crippen LogP) is 2.63. The lowest BCUT2D eigenvalue weighted by molar-refractivity contribution is -0.114. The molecule has 0 saturated carbocycles. The zero-order chi connectivity index (χ0) is 15.2. The third-order valence-corrected chi connectivity index (χ3v) is 3.35. The number of phenols is 1. The van der Waals surface area contributed by atoms with E-state index in [1.165, 1.54) is 25.3 Å². The number of ketones is 1. The second-order valence-corrected chi connectivity index (χ2v) is 4.91. The molecule has 0 heterocycles. The van der Waals surface area contributed by atoms with Gasteiger partial charge in [0.1, 0.15) is 23.2 Å². The molecule has 1 aromatic carbocycles. The van der Waals surface area contributed by atoms with Gasteiger partial charge in [-0.25, -0.2) is 4.79 Å². The van der Waals surface area contributed by atoms with Gasteiger partial charge in [-0.2, -0.15) is 0 Å². The lowest BCUT2D eigenvalue weighted by Gasteiger charge is -2.18. The second kappa shape index (κ2) is 6.92. The van der Waals surface area contributed by atoms with Gasteiger partial charge in [0.25, 0.3) is 0 Å². The van der Waals surface area contributed by atoms with Gasteiger partial charge in [-0.3, -0.25) is 4.79 Å². The van der Waals surface area contributed by atoms with Crippen LogP contribution in [0.3, 0.4) is 0 Å². The first-order valence-corrected chi connectivity index (χ1v) is 6.87. The molecule has 1 unspecified atom stereocenters. The van der Waals surface area contributed by atoms with Crippen LogP contribution in [-0.2, 0) is 9.53 Å². The Morgan fingerprint density at radius 2 is 2.19 bits per heavy atom. The molecule has 1 atom stereocenters. The van der Waals surface area contributed by atoms with Crippen molar-refractivity contribution in [2.24, 2.45) is 0 Å². The fourth-order valence-corrected chi connectivity index (χ4v) is 2.19. The first-order valence-electron chi connectivity index (χ1n) is 6.87. The molecule has 1 aliphatic carbocycles. The monoisotopic (exact) mass is 290 g/mol. The van der Waals surface area contributed by atoms with Crippen molar-refractivity contribution in [3.05, 3.63) is 35.9 Å². The van der Waals surface area contributed by atoms with E-state index in [1.807, 2.05) is 0 Å². The fourth-order valence-electron chi connectivity index (χ4n) is 2.19. The highest BCUT2D eigenvalue weighted by Gasteiger charge is 2.19. The van der Waals surface area contributed by atoms with Gasteiger partial charge in [-0.1, -0.05) is 6.08 Å². The third-order valence-electron chi connectivity index (χ3n) is 3.35. The summed E-state index contributed by atoms with van der Waals surface area (Å²) in [6, 6.07) is 4.43. The highest BCUT2D eigenvalue weighted by molar-refractivity contribution is 5.93. The van der Waals surface area contributed by atoms with Crippen LogP contribution in [0, 0.1) is 0 Å². The average Bonchev–Trinajstić information content (AvgIpc) is 2.44. The van der Waals surface area contributed by atoms with Crippen molar-refractivity contribution >= 4 is 11.8 Å². The van der Waals surface area contributed by atoms with Crippen molar-refractivity contribution < 1.29 is 24.2 Å². The summed E-state index contributed by atoms with van der Waals surface area (Å²) in [6.45, 7) is 0. The molecule has 1 aromatic rings. The lowest BCUT2D eigenvalue weighted by atomic mass is 10.0. The Balaban J connectivity index is 2.03. The molecule has 0 radical (unpaired) electrons. The summed E-state index contributed by atoms with van der Waals surface area (Å²) in [5, 5.41) is 9.82. The Morgan fingerprint density at radius 3 is 2.90 bits per heavy atom. The summed E-state index contributed by atoms with van der Waals surface area (Å²) in [5.41, 5.74) is 0.109. The van der Waals surface area contributed by atoms with Crippen LogP contribution in [0.4, 0.5) is 0 Å². The summed E-state index contributed by atoms with van der Waals surface area (Å²) in [6.07, 6.45) is 5.29. The number of allylic oxidation sites excluding steroid dienone is 1. The molecule has 112 valence electrons. The molecule has 0 saturated heterocycles. The van der Waals surface area contributed by atoms with Crippen LogP contribution in [0.15, 0.2) is 30.4 Å². The lowest BCUT2D eigenvalue weighted by Crippen LogP contribution is -2.19. The fraction of sp³-hybridized carbons (Fsp3) is 0.375. The van der Waals surface area contributed by atoms with Gasteiger partial charge in [-0.05, 0) is 31.1 Å². The normalized spacial score (nSPS) is 18.7. The van der Waals surface area contributed by atoms with Gasteiger partial charge in [0.15, 0.2) is 5.78 Å². The molecule has 1 aliphatic rings. The van der Waals surface area contributed by atoms with Gasteiger partial charge >= 0.3 is 5.97 Å². The van der Waals surface area contributed by atoms with E-state index < -0.39 is 5.97 Å². The minimum atomic E-state index is -0.569. The standard InChI is InChI=1S/C16H18O5/c1-20-13-8-9-14(15(18)10-13)16(19)21-12-6-2-4-11(17)5-3-7-12/h2,4,8-10,12,18H,3,5-7H2,1H3. The number of benzene rings is 1. The number of carbonyl (C=O) groups excluding carboxylic acids is 2. The number of hydrogen-bond acceptors (Lipinski definition) is 5. The first kappa shape index (κ1) is 15.1. The van der Waals surface area contributed by atoms with Crippen LogP contribution in [0.2, 0.25) is 0 Å². The summed E-state index contributed by atoms with van der Waals surface area (Å²) < 4.78 is 10.4. The molecule has 5 nitrogen and oxygen atoms in total. The van der Waals surface area contributed by atoms with Crippen molar-refractivity contribution in [3.8, 4) is 11.5 Å². The van der Waals surface area contributed by atoms with Crippen molar-refractivity contribution in [1.29, 1.82) is 0 Å². The van der Waals surface area contributed by atoms with Gasteiger partial charge in [0, 0.05) is 18.9 Å². The maximum Gasteiger partial charge on any atom is 0.342 e. The van der Waals surface area contributed by atoms with E-state index in [9.17, 15) is 14.7 Å². The quantitative estimate of drug-likeness (QED) is 0.866. The topological polar surface area (TPSA) is 72.8 Å². The summed E-state index contributed by atoms with van der Waals surface area (Å²) >= 11 is 0. The van der Waals surface area contributed by atoms with Crippen LogP contribution in [0.1, 0.15) is 36.0 Å². The van der Waals surface area contributed by atoms with E-state index in [1.54, 1.807) is 12.1 Å². The summed E-state index contributed by atoms with van der Waals surface area (Å²) in [7, 11) is 1.48. The van der Waals surface area contributed by atoms with Gasteiger partial charge in [0.2, 0.25) is 0 Å². The molecule has 0 aromatic heterocycles. The van der Waals surface area contributed by atoms with E-state index in [0.29, 0.717) is 31.4 Å². The Kier molecular flexibility index (Phi) is 4.98. The van der Waals surface area contributed by atoms with Crippen LogP contribution in [0.5, 0.6) is 11.5 Å². The Labute approximate surface area is 123 Å². The zero-order valence-electron chi connectivity index (χ0n) is 11.9. The molecular formula is C16H18O5. The molecule has 2 rings (SSSR count). The van der Waals surface area contributed by atoms with Crippen molar-refractivity contribution in [3.63, 3.8) is 0 Å². The number of rotatable bonds is 3. The molecular weight excluding hydrogens is 272 g/mol. The maximum atomic E-state index is 12.1. The SMILES string of the molecule is COc1ccc(C(=O)OC2CC=CC(=O)CCC2)c(O)c1. The summed E-state index contributed by atoms with van der Waals surface area (Å²) in [4.78, 5) is 23.3. The van der Waals surface area contributed by atoms with E-state index in [4.69, 9.17) is 9.47 Å². The van der Waals surface area contributed by atoms with Gasteiger partial charge in [0.05, 0.1) is 7.11 Å².